The lowest BCUT2D eigenvalue weighted by molar-refractivity contribution is -0.115. The molecule has 134 valence electrons. The van der Waals surface area contributed by atoms with E-state index in [1.807, 2.05) is 0 Å². The molecule has 23 heavy (non-hydrogen) atoms. The van der Waals surface area contributed by atoms with E-state index in [9.17, 15) is 4.79 Å². The molecule has 0 aliphatic heterocycles. The summed E-state index contributed by atoms with van der Waals surface area (Å²) >= 11 is 4.94. The van der Waals surface area contributed by atoms with Crippen molar-refractivity contribution in [2.24, 2.45) is 5.73 Å². The van der Waals surface area contributed by atoms with E-state index in [0.29, 0.717) is 18.2 Å². The molecule has 0 radical (unpaired) electrons. The second kappa shape index (κ2) is 17.3. The number of carbonyl (C=O) groups is 1. The maximum atomic E-state index is 11.0. The molecule has 0 aliphatic carbocycles. The highest BCUT2D eigenvalue weighted by Crippen LogP contribution is 1.70. The van der Waals surface area contributed by atoms with Gasteiger partial charge in [-0.2, -0.15) is 0 Å². The lowest BCUT2D eigenvalue weighted by atomic mass is 10.5. The summed E-state index contributed by atoms with van der Waals surface area (Å²) in [5.74, 6) is -0.302. The fourth-order valence-corrected chi connectivity index (χ4v) is 1.81. The predicted octanol–water partition coefficient (Wildman–Crippen LogP) is -2.52. The topological polar surface area (TPSA) is 115 Å². The van der Waals surface area contributed by atoms with E-state index in [4.69, 9.17) is 18.0 Å². The summed E-state index contributed by atoms with van der Waals surface area (Å²) in [7, 11) is 0. The van der Waals surface area contributed by atoms with Gasteiger partial charge in [-0.15, -0.1) is 0 Å². The van der Waals surface area contributed by atoms with Crippen LogP contribution >= 0.6 is 12.2 Å². The maximum Gasteiger partial charge on any atom is 0.249 e. The average Bonchev–Trinajstić information content (AvgIpc) is 2.55. The minimum atomic E-state index is -0.302. The number of nitrogens with one attached hydrogen (secondary N) is 6. The maximum absolute atomic E-state index is 11.0. The molecule has 0 saturated heterocycles. The Morgan fingerprint density at radius 3 is 1.74 bits per heavy atom. The van der Waals surface area contributed by atoms with E-state index >= 15 is 0 Å². The second-order valence-corrected chi connectivity index (χ2v) is 5.15. The minimum Gasteiger partial charge on any atom is -0.361 e. The van der Waals surface area contributed by atoms with Crippen LogP contribution in [0.2, 0.25) is 0 Å². The van der Waals surface area contributed by atoms with Gasteiger partial charge in [0, 0.05) is 65.4 Å². The van der Waals surface area contributed by atoms with E-state index in [1.165, 1.54) is 6.08 Å². The quantitative estimate of drug-likeness (QED) is 0.0988. The van der Waals surface area contributed by atoms with Gasteiger partial charge < -0.3 is 32.3 Å². The lowest BCUT2D eigenvalue weighted by Gasteiger charge is -2.10. The fraction of sp³-hybridized carbons (Fsp3) is 0.714. The first-order valence-electron chi connectivity index (χ1n) is 7.95. The number of rotatable bonds is 15. The summed E-state index contributed by atoms with van der Waals surface area (Å²) in [6.45, 7) is 11.9. The zero-order valence-electron chi connectivity index (χ0n) is 13.7. The third-order valence-electron chi connectivity index (χ3n) is 2.77. The summed E-state index contributed by atoms with van der Waals surface area (Å²) in [5, 5.41) is 18.9. The average molecular weight is 346 g/mol. The van der Waals surface area contributed by atoms with Gasteiger partial charge in [0.25, 0.3) is 0 Å². The van der Waals surface area contributed by atoms with Crippen LogP contribution in [-0.2, 0) is 4.79 Å². The molecule has 0 aromatic rings. The highest BCUT2D eigenvalue weighted by Gasteiger charge is 1.98. The van der Waals surface area contributed by atoms with E-state index in [0.717, 1.165) is 52.4 Å². The van der Waals surface area contributed by atoms with Crippen molar-refractivity contribution in [1.82, 2.24) is 31.9 Å². The molecule has 0 aliphatic rings. The van der Waals surface area contributed by atoms with Crippen molar-refractivity contribution in [3.05, 3.63) is 12.7 Å². The number of amides is 1. The van der Waals surface area contributed by atoms with Gasteiger partial charge in [0.15, 0.2) is 5.11 Å². The molecule has 0 bridgehead atoms. The summed E-state index contributed by atoms with van der Waals surface area (Å²) in [5.41, 5.74) is 5.38. The highest BCUT2D eigenvalue weighted by atomic mass is 32.1. The Kier molecular flexibility index (Phi) is 16.4. The molecule has 0 rings (SSSR count). The van der Waals surface area contributed by atoms with Gasteiger partial charge >= 0.3 is 0 Å². The van der Waals surface area contributed by atoms with Crippen LogP contribution in [0.4, 0.5) is 0 Å². The molecule has 8 N–H and O–H groups in total. The highest BCUT2D eigenvalue weighted by molar-refractivity contribution is 7.80. The molecule has 9 heteroatoms. The van der Waals surface area contributed by atoms with Crippen molar-refractivity contribution in [3.63, 3.8) is 0 Å². The Labute approximate surface area is 144 Å². The predicted molar refractivity (Wildman–Crippen MR) is 99.5 cm³/mol. The molecule has 0 unspecified atom stereocenters. The van der Waals surface area contributed by atoms with Gasteiger partial charge in [-0.05, 0) is 18.3 Å². The SMILES string of the molecule is C=CC(=O)NC(=S)NCCNCCNCCNCCNCCN. The van der Waals surface area contributed by atoms with Gasteiger partial charge in [0.1, 0.15) is 0 Å². The monoisotopic (exact) mass is 345 g/mol. The zero-order valence-corrected chi connectivity index (χ0v) is 14.6. The van der Waals surface area contributed by atoms with Gasteiger partial charge in [-0.25, -0.2) is 0 Å². The van der Waals surface area contributed by atoms with E-state index in [-0.39, 0.29) is 5.91 Å². The third kappa shape index (κ3) is 17.1. The number of thiocarbonyl (C=S) groups is 1. The largest absolute Gasteiger partial charge is 0.361 e. The number of hydrogen-bond donors (Lipinski definition) is 7. The van der Waals surface area contributed by atoms with Crippen LogP contribution in [0, 0.1) is 0 Å². The number of carbonyl (C=O) groups excluding carboxylic acids is 1. The van der Waals surface area contributed by atoms with Crippen LogP contribution in [0.5, 0.6) is 0 Å². The Morgan fingerprint density at radius 1 is 0.870 bits per heavy atom. The van der Waals surface area contributed by atoms with Crippen molar-refractivity contribution in [3.8, 4) is 0 Å². The third-order valence-corrected chi connectivity index (χ3v) is 3.01. The van der Waals surface area contributed by atoms with Crippen molar-refractivity contribution in [1.29, 1.82) is 0 Å². The summed E-state index contributed by atoms with van der Waals surface area (Å²) < 4.78 is 0. The van der Waals surface area contributed by atoms with Crippen LogP contribution in [0.3, 0.4) is 0 Å². The number of hydrogen-bond acceptors (Lipinski definition) is 7. The van der Waals surface area contributed by atoms with Gasteiger partial charge in [-0.1, -0.05) is 6.58 Å². The summed E-state index contributed by atoms with van der Waals surface area (Å²) in [6.07, 6.45) is 1.18. The van der Waals surface area contributed by atoms with Crippen molar-refractivity contribution in [2.45, 2.75) is 0 Å². The van der Waals surface area contributed by atoms with Crippen molar-refractivity contribution < 1.29 is 4.79 Å². The summed E-state index contributed by atoms with van der Waals surface area (Å²) in [4.78, 5) is 11.0. The minimum absolute atomic E-state index is 0.302. The summed E-state index contributed by atoms with van der Waals surface area (Å²) in [6, 6.07) is 0. The normalized spacial score (nSPS) is 10.3. The molecular formula is C14H31N7OS. The molecule has 8 nitrogen and oxygen atoms in total. The van der Waals surface area contributed by atoms with Crippen molar-refractivity contribution in [2.75, 3.05) is 65.4 Å². The van der Waals surface area contributed by atoms with Crippen LogP contribution in [-0.4, -0.2) is 76.5 Å². The first-order chi connectivity index (χ1) is 11.2. The molecule has 1 amide bonds. The van der Waals surface area contributed by atoms with Gasteiger partial charge in [-0.3, -0.25) is 10.1 Å². The van der Waals surface area contributed by atoms with Gasteiger partial charge in [0.05, 0.1) is 0 Å². The van der Waals surface area contributed by atoms with E-state index in [1.54, 1.807) is 0 Å². The van der Waals surface area contributed by atoms with E-state index < -0.39 is 0 Å². The molecule has 0 spiro atoms. The zero-order chi connectivity index (χ0) is 17.2. The molecule has 0 atom stereocenters. The first kappa shape index (κ1) is 21.9. The Hall–Kier alpha value is -1.10. The molecule has 0 heterocycles. The Morgan fingerprint density at radius 2 is 1.30 bits per heavy atom. The molecule has 0 fully saturated rings. The molecule has 0 aromatic heterocycles. The van der Waals surface area contributed by atoms with Crippen LogP contribution in [0.25, 0.3) is 0 Å². The Bertz CT molecular complexity index is 328. The molecular weight excluding hydrogens is 314 g/mol. The van der Waals surface area contributed by atoms with Crippen molar-refractivity contribution >= 4 is 23.2 Å². The number of nitrogens with two attached hydrogens (primary N) is 1. The fourth-order valence-electron chi connectivity index (χ4n) is 1.60. The van der Waals surface area contributed by atoms with Gasteiger partial charge in [0.2, 0.25) is 5.91 Å². The smallest absolute Gasteiger partial charge is 0.249 e. The Balaban J connectivity index is 3.14. The standard InChI is InChI=1S/C14H31N7OS/c1-2-13(22)21-14(23)20-12-11-19-10-9-18-8-7-17-6-5-16-4-3-15/h2,16-19H,1,3-12,15H2,(H2,20,21,22,23). The van der Waals surface area contributed by atoms with Crippen LogP contribution < -0.4 is 37.6 Å². The van der Waals surface area contributed by atoms with Crippen LogP contribution in [0.1, 0.15) is 0 Å². The first-order valence-corrected chi connectivity index (χ1v) is 8.35. The van der Waals surface area contributed by atoms with Crippen LogP contribution in [0.15, 0.2) is 12.7 Å². The second-order valence-electron chi connectivity index (χ2n) is 4.74. The van der Waals surface area contributed by atoms with E-state index in [2.05, 4.69) is 38.5 Å². The molecule has 0 aromatic carbocycles. The lowest BCUT2D eigenvalue weighted by Crippen LogP contribution is -2.42. The molecule has 0 saturated carbocycles.